The van der Waals surface area contributed by atoms with Gasteiger partial charge in [-0.25, -0.2) is 8.78 Å². The number of aliphatic hydroxyl groups excluding tert-OH is 1. The smallest absolute Gasteiger partial charge is 0.223 e. The van der Waals surface area contributed by atoms with Gasteiger partial charge in [0.1, 0.15) is 11.6 Å². The molecule has 38 heavy (non-hydrogen) atoms. The predicted octanol–water partition coefficient (Wildman–Crippen LogP) is 5.76. The fraction of sp³-hybridized carbons (Fsp3) is 0.310. The van der Waals surface area contributed by atoms with Crippen molar-refractivity contribution in [2.45, 2.75) is 51.3 Å². The summed E-state index contributed by atoms with van der Waals surface area (Å²) in [6, 6.07) is 14.4. The lowest BCUT2D eigenvalue weighted by atomic mass is 10.0. The van der Waals surface area contributed by atoms with Crippen LogP contribution in [0.1, 0.15) is 46.8 Å². The van der Waals surface area contributed by atoms with Gasteiger partial charge in [0.25, 0.3) is 0 Å². The Kier molecular flexibility index (Phi) is 10.8. The molecule has 0 bridgehead atoms. The molecule has 0 saturated heterocycles. The molecular weight excluding hydrogens is 533 g/mol. The third-order valence-electron chi connectivity index (χ3n) is 6.23. The summed E-state index contributed by atoms with van der Waals surface area (Å²) in [5, 5.41) is 11.4. The molecule has 0 aliphatic rings. The summed E-state index contributed by atoms with van der Waals surface area (Å²) in [6.07, 6.45) is -0.502. The van der Waals surface area contributed by atoms with Gasteiger partial charge in [-0.1, -0.05) is 54.4 Å². The number of halogens is 4. The molecule has 0 fully saturated rings. The normalized spacial score (nSPS) is 12.7. The van der Waals surface area contributed by atoms with Crippen molar-refractivity contribution in [1.29, 1.82) is 0 Å². The standard InChI is InChI=1S/C29H30Cl2F2N2O3/c1-2-18-4-3-5-19(10-18)16-35(17-28(37)26(34)13-20-11-22(32)15-23(33)12-20)29(38)9-8-27(36)21-6-7-24(30)25(31)14-21/h3-7,10-12,14-15,26,28,37H,2,8-9,13,16-17,34H2,1H3/t26-,28+/m0/s1. The Morgan fingerprint density at radius 2 is 1.61 bits per heavy atom. The van der Waals surface area contributed by atoms with Crippen LogP contribution in [0.5, 0.6) is 0 Å². The van der Waals surface area contributed by atoms with Gasteiger partial charge in [0.2, 0.25) is 5.91 Å². The van der Waals surface area contributed by atoms with Gasteiger partial charge in [0.15, 0.2) is 5.78 Å². The van der Waals surface area contributed by atoms with Crippen LogP contribution in [0.2, 0.25) is 10.0 Å². The molecule has 0 aromatic heterocycles. The molecule has 3 aromatic rings. The molecule has 2 atom stereocenters. The largest absolute Gasteiger partial charge is 0.390 e. The zero-order valence-corrected chi connectivity index (χ0v) is 22.5. The van der Waals surface area contributed by atoms with Crippen LogP contribution >= 0.6 is 23.2 Å². The minimum absolute atomic E-state index is 0.0129. The maximum Gasteiger partial charge on any atom is 0.223 e. The number of hydrogen-bond acceptors (Lipinski definition) is 4. The third-order valence-corrected chi connectivity index (χ3v) is 6.97. The number of rotatable bonds is 12. The number of nitrogens with zero attached hydrogens (tertiary/aromatic N) is 1. The van der Waals surface area contributed by atoms with Crippen LogP contribution in [-0.4, -0.2) is 40.4 Å². The Balaban J connectivity index is 1.72. The second-order valence-corrected chi connectivity index (χ2v) is 10.0. The number of benzene rings is 3. The second kappa shape index (κ2) is 13.8. The predicted molar refractivity (Wildman–Crippen MR) is 145 cm³/mol. The number of amides is 1. The minimum Gasteiger partial charge on any atom is -0.390 e. The van der Waals surface area contributed by atoms with Crippen molar-refractivity contribution in [1.82, 2.24) is 4.90 Å². The highest BCUT2D eigenvalue weighted by Crippen LogP contribution is 2.23. The number of hydrogen-bond donors (Lipinski definition) is 2. The van der Waals surface area contributed by atoms with Gasteiger partial charge in [-0.3, -0.25) is 9.59 Å². The summed E-state index contributed by atoms with van der Waals surface area (Å²) < 4.78 is 27.2. The van der Waals surface area contributed by atoms with E-state index in [1.54, 1.807) is 6.07 Å². The zero-order chi connectivity index (χ0) is 27.8. The topological polar surface area (TPSA) is 83.6 Å². The van der Waals surface area contributed by atoms with E-state index in [0.717, 1.165) is 35.7 Å². The Morgan fingerprint density at radius 3 is 2.26 bits per heavy atom. The maximum absolute atomic E-state index is 13.6. The van der Waals surface area contributed by atoms with Crippen molar-refractivity contribution in [2.75, 3.05) is 6.54 Å². The van der Waals surface area contributed by atoms with Gasteiger partial charge in [-0.05, 0) is 59.9 Å². The van der Waals surface area contributed by atoms with Crippen LogP contribution in [0.25, 0.3) is 0 Å². The Labute approximate surface area is 231 Å². The first kappa shape index (κ1) is 29.7. The van der Waals surface area contributed by atoms with Crippen molar-refractivity contribution in [2.24, 2.45) is 5.73 Å². The van der Waals surface area contributed by atoms with E-state index >= 15 is 0 Å². The molecule has 9 heteroatoms. The molecule has 0 aliphatic heterocycles. The van der Waals surface area contributed by atoms with Crippen LogP contribution in [-0.2, 0) is 24.2 Å². The van der Waals surface area contributed by atoms with Crippen LogP contribution in [0, 0.1) is 11.6 Å². The van der Waals surface area contributed by atoms with Gasteiger partial charge in [-0.15, -0.1) is 0 Å². The van der Waals surface area contributed by atoms with Gasteiger partial charge in [-0.2, -0.15) is 0 Å². The fourth-order valence-corrected chi connectivity index (χ4v) is 4.41. The molecule has 0 unspecified atom stereocenters. The van der Waals surface area contributed by atoms with Gasteiger partial charge in [0.05, 0.1) is 16.1 Å². The molecule has 202 valence electrons. The second-order valence-electron chi connectivity index (χ2n) is 9.21. The van der Waals surface area contributed by atoms with Gasteiger partial charge >= 0.3 is 0 Å². The molecule has 0 radical (unpaired) electrons. The molecule has 5 nitrogen and oxygen atoms in total. The number of carbonyl (C=O) groups is 2. The number of aliphatic hydroxyl groups is 1. The molecule has 0 spiro atoms. The molecule has 0 saturated carbocycles. The molecular formula is C29H30Cl2F2N2O3. The Hall–Kier alpha value is -2.84. The minimum atomic E-state index is -1.18. The van der Waals surface area contributed by atoms with E-state index in [4.69, 9.17) is 28.9 Å². The lowest BCUT2D eigenvalue weighted by Crippen LogP contribution is -2.46. The van der Waals surface area contributed by atoms with Gasteiger partial charge < -0.3 is 15.7 Å². The highest BCUT2D eigenvalue weighted by Gasteiger charge is 2.24. The lowest BCUT2D eigenvalue weighted by Gasteiger charge is -2.28. The van der Waals surface area contributed by atoms with Crippen LogP contribution in [0.4, 0.5) is 8.78 Å². The van der Waals surface area contributed by atoms with Crippen LogP contribution < -0.4 is 5.73 Å². The first-order valence-electron chi connectivity index (χ1n) is 12.3. The first-order valence-corrected chi connectivity index (χ1v) is 13.0. The zero-order valence-electron chi connectivity index (χ0n) is 21.0. The number of carbonyl (C=O) groups excluding carboxylic acids is 2. The van der Waals surface area contributed by atoms with E-state index in [0.29, 0.717) is 16.1 Å². The van der Waals surface area contributed by atoms with E-state index < -0.39 is 23.8 Å². The molecule has 3 aromatic carbocycles. The molecule has 0 heterocycles. The summed E-state index contributed by atoms with van der Waals surface area (Å²) in [6.45, 7) is 2.11. The summed E-state index contributed by atoms with van der Waals surface area (Å²) in [4.78, 5) is 27.4. The van der Waals surface area contributed by atoms with E-state index in [9.17, 15) is 23.5 Å². The summed E-state index contributed by atoms with van der Waals surface area (Å²) >= 11 is 11.9. The fourth-order valence-electron chi connectivity index (χ4n) is 4.11. The van der Waals surface area contributed by atoms with E-state index in [2.05, 4.69) is 0 Å². The number of Topliss-reactive ketones (excluding diaryl/α,β-unsaturated/α-hetero) is 1. The summed E-state index contributed by atoms with van der Waals surface area (Å²) in [7, 11) is 0. The summed E-state index contributed by atoms with van der Waals surface area (Å²) in [5.74, 6) is -2.08. The van der Waals surface area contributed by atoms with Crippen LogP contribution in [0.3, 0.4) is 0 Å². The van der Waals surface area contributed by atoms with E-state index in [1.165, 1.54) is 17.0 Å². The van der Waals surface area contributed by atoms with Crippen LogP contribution in [0.15, 0.2) is 60.7 Å². The van der Waals surface area contributed by atoms with Crippen molar-refractivity contribution in [3.05, 3.63) is 105 Å². The highest BCUT2D eigenvalue weighted by molar-refractivity contribution is 6.42. The maximum atomic E-state index is 13.6. The molecule has 1 amide bonds. The Bertz CT molecular complexity index is 1270. The first-order chi connectivity index (χ1) is 18.0. The lowest BCUT2D eigenvalue weighted by molar-refractivity contribution is -0.133. The Morgan fingerprint density at radius 1 is 0.921 bits per heavy atom. The van der Waals surface area contributed by atoms with Crippen molar-refractivity contribution in [3.63, 3.8) is 0 Å². The average molecular weight is 563 g/mol. The highest BCUT2D eigenvalue weighted by atomic mass is 35.5. The van der Waals surface area contributed by atoms with Gasteiger partial charge in [0, 0.05) is 43.6 Å². The SMILES string of the molecule is CCc1cccc(CN(C[C@@H](O)[C@@H](N)Cc2cc(F)cc(F)c2)C(=O)CCC(=O)c2ccc(Cl)c(Cl)c2)c1. The number of nitrogens with two attached hydrogens (primary N) is 1. The van der Waals surface area contributed by atoms with Crippen molar-refractivity contribution in [3.8, 4) is 0 Å². The van der Waals surface area contributed by atoms with E-state index in [1.807, 2.05) is 31.2 Å². The quantitative estimate of drug-likeness (QED) is 0.275. The third kappa shape index (κ3) is 8.60. The van der Waals surface area contributed by atoms with Crippen molar-refractivity contribution >= 4 is 34.9 Å². The van der Waals surface area contributed by atoms with Crippen molar-refractivity contribution < 1.29 is 23.5 Å². The monoisotopic (exact) mass is 562 g/mol. The molecule has 3 N–H and O–H groups in total. The average Bonchev–Trinajstić information content (AvgIpc) is 2.87. The molecule has 3 rings (SSSR count). The summed E-state index contributed by atoms with van der Waals surface area (Å²) in [5.41, 5.74) is 8.75. The molecule has 0 aliphatic carbocycles. The number of ketones is 1. The number of aryl methyl sites for hydroxylation is 1. The van der Waals surface area contributed by atoms with E-state index in [-0.39, 0.29) is 49.1 Å².